The number of aromatic carboxylic acids is 1. The molecule has 0 aromatic carbocycles. The van der Waals surface area contributed by atoms with Gasteiger partial charge in [0, 0.05) is 30.7 Å². The third-order valence-corrected chi connectivity index (χ3v) is 3.75. The zero-order chi connectivity index (χ0) is 14.0. The van der Waals surface area contributed by atoms with E-state index in [0.717, 1.165) is 13.0 Å². The fraction of sp³-hybridized carbons (Fsp3) is 0.667. The number of carbonyl (C=O) groups is 1. The Morgan fingerprint density at radius 2 is 2.37 bits per heavy atom. The van der Waals surface area contributed by atoms with Crippen molar-refractivity contribution in [3.63, 3.8) is 0 Å². The van der Waals surface area contributed by atoms with E-state index in [1.807, 2.05) is 14.1 Å². The van der Waals surface area contributed by atoms with Crippen molar-refractivity contribution in [2.45, 2.75) is 25.0 Å². The van der Waals surface area contributed by atoms with Gasteiger partial charge in [-0.25, -0.2) is 4.79 Å². The molecule has 0 unspecified atom stereocenters. The Balaban J connectivity index is 2.09. The lowest BCUT2D eigenvalue weighted by molar-refractivity contribution is 0.0687. The molecule has 2 atom stereocenters. The van der Waals surface area contributed by atoms with Crippen molar-refractivity contribution >= 4 is 5.97 Å². The van der Waals surface area contributed by atoms with Gasteiger partial charge >= 0.3 is 5.97 Å². The van der Waals surface area contributed by atoms with Crippen LogP contribution in [0.5, 0.6) is 0 Å². The zero-order valence-corrected chi connectivity index (χ0v) is 11.2. The number of H-pyrrole nitrogens is 1. The van der Waals surface area contributed by atoms with Crippen molar-refractivity contribution in [3.8, 4) is 0 Å². The minimum atomic E-state index is -1.00. The summed E-state index contributed by atoms with van der Waals surface area (Å²) in [5.41, 5.74) is 0.787. The summed E-state index contributed by atoms with van der Waals surface area (Å²) in [4.78, 5) is 15.3. The van der Waals surface area contributed by atoms with Gasteiger partial charge in [-0.15, -0.1) is 0 Å². The minimum absolute atomic E-state index is 0.0731. The van der Waals surface area contributed by atoms with E-state index >= 15 is 0 Å². The summed E-state index contributed by atoms with van der Waals surface area (Å²) >= 11 is 0. The molecule has 7 nitrogen and oxygen atoms in total. The van der Waals surface area contributed by atoms with Crippen molar-refractivity contribution in [2.75, 3.05) is 27.2 Å². The normalized spacial score (nSPS) is 24.2. The van der Waals surface area contributed by atoms with Gasteiger partial charge in [-0.3, -0.25) is 10.00 Å². The predicted octanol–water partition coefficient (Wildman–Crippen LogP) is -0.395. The number of hydrogen-bond acceptors (Lipinski definition) is 5. The number of hydrogen-bond donors (Lipinski definition) is 3. The molecule has 0 amide bonds. The van der Waals surface area contributed by atoms with Gasteiger partial charge in [-0.2, -0.15) is 5.10 Å². The Hall–Kier alpha value is -1.44. The molecule has 106 valence electrons. The van der Waals surface area contributed by atoms with Crippen LogP contribution in [0.25, 0.3) is 0 Å². The van der Waals surface area contributed by atoms with Crippen LogP contribution in [0.4, 0.5) is 0 Å². The van der Waals surface area contributed by atoms with Crippen LogP contribution in [0.1, 0.15) is 22.5 Å². The number of nitrogens with zero attached hydrogens (tertiary/aromatic N) is 3. The monoisotopic (exact) mass is 268 g/mol. The topological polar surface area (TPSA) is 92.7 Å². The molecule has 1 saturated heterocycles. The third kappa shape index (κ3) is 2.94. The van der Waals surface area contributed by atoms with Gasteiger partial charge in [0.15, 0.2) is 0 Å². The van der Waals surface area contributed by atoms with Crippen LogP contribution < -0.4 is 0 Å². The summed E-state index contributed by atoms with van der Waals surface area (Å²) in [6, 6.07) is 0.460. The highest BCUT2D eigenvalue weighted by Gasteiger charge is 2.33. The van der Waals surface area contributed by atoms with Crippen LogP contribution in [0.3, 0.4) is 0 Å². The molecule has 1 aromatic rings. The van der Waals surface area contributed by atoms with E-state index in [2.05, 4.69) is 20.0 Å². The van der Waals surface area contributed by atoms with Crippen molar-refractivity contribution in [3.05, 3.63) is 17.5 Å². The number of carboxylic acid groups (broad SMARTS) is 1. The fourth-order valence-electron chi connectivity index (χ4n) is 2.55. The lowest BCUT2D eigenvalue weighted by Gasteiger charge is -2.22. The van der Waals surface area contributed by atoms with E-state index in [0.29, 0.717) is 18.2 Å². The molecule has 1 aromatic heterocycles. The quantitative estimate of drug-likeness (QED) is 0.673. The molecule has 19 heavy (non-hydrogen) atoms. The van der Waals surface area contributed by atoms with Crippen molar-refractivity contribution in [2.24, 2.45) is 0 Å². The summed E-state index contributed by atoms with van der Waals surface area (Å²) < 4.78 is 0. The second kappa shape index (κ2) is 5.68. The lowest BCUT2D eigenvalue weighted by Crippen LogP contribution is -2.33. The van der Waals surface area contributed by atoms with Crippen LogP contribution >= 0.6 is 0 Å². The van der Waals surface area contributed by atoms with Crippen LogP contribution in [0.2, 0.25) is 0 Å². The Kier molecular flexibility index (Phi) is 4.18. The van der Waals surface area contributed by atoms with Crippen molar-refractivity contribution < 1.29 is 15.0 Å². The fourth-order valence-corrected chi connectivity index (χ4v) is 2.55. The molecule has 0 spiro atoms. The average Bonchev–Trinajstić information content (AvgIpc) is 2.95. The maximum absolute atomic E-state index is 11.0. The highest BCUT2D eigenvalue weighted by Crippen LogP contribution is 2.23. The number of likely N-dealkylation sites (tertiary alicyclic amines) is 1. The highest BCUT2D eigenvalue weighted by atomic mass is 16.4. The molecular weight excluding hydrogens is 248 g/mol. The van der Waals surface area contributed by atoms with Crippen LogP contribution in [0.15, 0.2) is 6.20 Å². The molecule has 2 heterocycles. The first-order chi connectivity index (χ1) is 9.02. The van der Waals surface area contributed by atoms with Crippen molar-refractivity contribution in [1.82, 2.24) is 20.0 Å². The van der Waals surface area contributed by atoms with Crippen LogP contribution in [-0.4, -0.2) is 75.5 Å². The van der Waals surface area contributed by atoms with E-state index in [4.69, 9.17) is 5.11 Å². The molecule has 0 saturated carbocycles. The lowest BCUT2D eigenvalue weighted by atomic mass is 10.1. The number of aliphatic hydroxyl groups is 1. The van der Waals surface area contributed by atoms with Gasteiger partial charge in [-0.05, 0) is 20.5 Å². The number of carboxylic acids is 1. The first kappa shape index (κ1) is 14.0. The molecule has 0 aliphatic carbocycles. The van der Waals surface area contributed by atoms with Gasteiger partial charge in [0.25, 0.3) is 0 Å². The van der Waals surface area contributed by atoms with E-state index < -0.39 is 5.97 Å². The minimum Gasteiger partial charge on any atom is -0.477 e. The molecule has 1 fully saturated rings. The Bertz CT molecular complexity index is 446. The van der Waals surface area contributed by atoms with Gasteiger partial charge in [-0.1, -0.05) is 0 Å². The second-order valence-corrected chi connectivity index (χ2v) is 5.19. The first-order valence-electron chi connectivity index (χ1n) is 6.29. The largest absolute Gasteiger partial charge is 0.477 e. The van der Waals surface area contributed by atoms with Crippen molar-refractivity contribution in [1.29, 1.82) is 0 Å². The average molecular weight is 268 g/mol. The standard InChI is InChI=1S/C12H20N4O3/c1-15(2)9-3-10(7-17)16(6-9)5-8-4-13-14-11(8)12(18)19/h4,9-10,17H,3,5-7H2,1-2H3,(H,13,14)(H,18,19)/t9-,10+/m1/s1. The highest BCUT2D eigenvalue weighted by molar-refractivity contribution is 5.86. The smallest absolute Gasteiger partial charge is 0.354 e. The Morgan fingerprint density at radius 3 is 2.95 bits per heavy atom. The Labute approximate surface area is 111 Å². The SMILES string of the molecule is CN(C)[C@@H]1C[C@@H](CO)N(Cc2cn[nH]c2C(=O)O)C1. The number of rotatable bonds is 5. The second-order valence-electron chi connectivity index (χ2n) is 5.19. The number of aliphatic hydroxyl groups excluding tert-OH is 1. The number of likely N-dealkylation sites (N-methyl/N-ethyl adjacent to an activating group) is 1. The summed E-state index contributed by atoms with van der Waals surface area (Å²) in [5.74, 6) is -1.00. The first-order valence-corrected chi connectivity index (χ1v) is 6.29. The summed E-state index contributed by atoms with van der Waals surface area (Å²) in [7, 11) is 4.03. The maximum atomic E-state index is 11.0. The molecule has 0 radical (unpaired) electrons. The summed E-state index contributed by atoms with van der Waals surface area (Å²) in [6.45, 7) is 1.40. The molecule has 3 N–H and O–H groups in total. The summed E-state index contributed by atoms with van der Waals surface area (Å²) in [5, 5.41) is 24.8. The van der Waals surface area contributed by atoms with E-state index in [-0.39, 0.29) is 18.3 Å². The predicted molar refractivity (Wildman–Crippen MR) is 68.9 cm³/mol. The molecule has 7 heteroatoms. The maximum Gasteiger partial charge on any atom is 0.354 e. The van der Waals surface area contributed by atoms with Gasteiger partial charge in [0.1, 0.15) is 5.69 Å². The number of aromatic nitrogens is 2. The molecular formula is C12H20N4O3. The third-order valence-electron chi connectivity index (χ3n) is 3.75. The molecule has 1 aliphatic heterocycles. The summed E-state index contributed by atoms with van der Waals surface area (Å²) in [6.07, 6.45) is 2.44. The molecule has 2 rings (SSSR count). The van der Waals surface area contributed by atoms with E-state index in [9.17, 15) is 9.90 Å². The van der Waals surface area contributed by atoms with E-state index in [1.54, 1.807) is 6.20 Å². The molecule has 1 aliphatic rings. The van der Waals surface area contributed by atoms with Crippen LogP contribution in [-0.2, 0) is 6.54 Å². The zero-order valence-electron chi connectivity index (χ0n) is 11.2. The van der Waals surface area contributed by atoms with Gasteiger partial charge in [0.2, 0.25) is 0 Å². The van der Waals surface area contributed by atoms with E-state index in [1.165, 1.54) is 0 Å². The van der Waals surface area contributed by atoms with Crippen LogP contribution in [0, 0.1) is 0 Å². The Morgan fingerprint density at radius 1 is 1.63 bits per heavy atom. The molecule has 0 bridgehead atoms. The van der Waals surface area contributed by atoms with Gasteiger partial charge < -0.3 is 15.1 Å². The number of nitrogens with one attached hydrogen (secondary N) is 1. The number of aromatic amines is 1. The van der Waals surface area contributed by atoms with Gasteiger partial charge in [0.05, 0.1) is 12.8 Å².